The summed E-state index contributed by atoms with van der Waals surface area (Å²) in [4.78, 5) is 47.8. The standard InChI is InChI=1S/C36H46ClN5O4/c1-5-42(30-10-16-46-17-11-30)33-20-29(19-31(26(33)4)35(44)38-22-32-24(2)18-25(3)39-36(32)45)28-8-6-27(7-9-28)23-40-12-14-41(15-13-40)34(43)21-37/h6-9,18-20,30H,5,10-17,21-23H2,1-4H3,(H,38,44)(H,39,45). The monoisotopic (exact) mass is 647 g/mol. The number of pyridine rings is 1. The van der Waals surface area contributed by atoms with Crippen LogP contribution in [0.1, 0.15) is 58.1 Å². The number of H-pyrrole nitrogens is 1. The number of nitrogens with one attached hydrogen (secondary N) is 2. The third-order valence-electron chi connectivity index (χ3n) is 9.36. The summed E-state index contributed by atoms with van der Waals surface area (Å²) in [5.74, 6) is -0.178. The smallest absolute Gasteiger partial charge is 0.253 e. The van der Waals surface area contributed by atoms with Gasteiger partial charge in [-0.15, -0.1) is 11.6 Å². The number of hydrogen-bond donors (Lipinski definition) is 2. The zero-order valence-corrected chi connectivity index (χ0v) is 28.2. The SMILES string of the molecule is CCN(c1cc(-c2ccc(CN3CCN(C(=O)CCl)CC3)cc2)cc(C(=O)NCc2c(C)cc(C)[nH]c2=O)c1C)C1CCOCC1. The number of halogens is 1. The number of aryl methyl sites for hydroxylation is 2. The van der Waals surface area contributed by atoms with Crippen molar-refractivity contribution < 1.29 is 14.3 Å². The van der Waals surface area contributed by atoms with Gasteiger partial charge in [0.05, 0.1) is 0 Å². The molecular weight excluding hydrogens is 602 g/mol. The lowest BCUT2D eigenvalue weighted by Crippen LogP contribution is -2.48. The number of piperazine rings is 1. The highest BCUT2D eigenvalue weighted by molar-refractivity contribution is 6.27. The molecule has 1 aromatic heterocycles. The number of anilines is 1. The first-order valence-electron chi connectivity index (χ1n) is 16.3. The summed E-state index contributed by atoms with van der Waals surface area (Å²) in [5.41, 5.74) is 7.82. The molecule has 0 aliphatic carbocycles. The van der Waals surface area contributed by atoms with Crippen LogP contribution in [0, 0.1) is 20.8 Å². The molecule has 2 aliphatic heterocycles. The minimum atomic E-state index is -0.202. The third-order valence-corrected chi connectivity index (χ3v) is 9.59. The molecule has 0 atom stereocenters. The Morgan fingerprint density at radius 2 is 1.70 bits per heavy atom. The number of benzene rings is 2. The number of ether oxygens (including phenoxy) is 1. The molecule has 5 rings (SSSR count). The van der Waals surface area contributed by atoms with Crippen molar-refractivity contribution in [2.45, 2.75) is 59.7 Å². The van der Waals surface area contributed by atoms with Gasteiger partial charge in [0, 0.05) is 87.6 Å². The first kappa shape index (κ1) is 33.7. The number of aromatic nitrogens is 1. The van der Waals surface area contributed by atoms with Gasteiger partial charge in [0.15, 0.2) is 0 Å². The second kappa shape index (κ2) is 15.3. The van der Waals surface area contributed by atoms with Crippen LogP contribution in [0.15, 0.2) is 47.3 Å². The highest BCUT2D eigenvalue weighted by Gasteiger charge is 2.25. The molecule has 0 radical (unpaired) electrons. The van der Waals surface area contributed by atoms with Crippen molar-refractivity contribution in [2.75, 3.05) is 56.7 Å². The van der Waals surface area contributed by atoms with Crippen molar-refractivity contribution in [3.63, 3.8) is 0 Å². The minimum absolute atomic E-state index is 0.00595. The molecule has 3 heterocycles. The molecule has 2 saturated heterocycles. The summed E-state index contributed by atoms with van der Waals surface area (Å²) < 4.78 is 5.66. The van der Waals surface area contributed by atoms with E-state index in [0.29, 0.717) is 30.3 Å². The Hall–Kier alpha value is -3.66. The van der Waals surface area contributed by atoms with E-state index in [-0.39, 0.29) is 29.8 Å². The number of aromatic amines is 1. The Kier molecular flexibility index (Phi) is 11.2. The molecule has 3 aromatic rings. The number of carbonyl (C=O) groups excluding carboxylic acids is 2. The highest BCUT2D eigenvalue weighted by Crippen LogP contribution is 2.34. The van der Waals surface area contributed by atoms with E-state index in [1.807, 2.05) is 37.8 Å². The van der Waals surface area contributed by atoms with Crippen LogP contribution in [0.3, 0.4) is 0 Å². The van der Waals surface area contributed by atoms with Gasteiger partial charge in [-0.2, -0.15) is 0 Å². The van der Waals surface area contributed by atoms with Crippen molar-refractivity contribution in [3.05, 3.63) is 86.3 Å². The van der Waals surface area contributed by atoms with E-state index in [4.69, 9.17) is 16.3 Å². The van der Waals surface area contributed by atoms with Gasteiger partial charge in [0.2, 0.25) is 5.91 Å². The summed E-state index contributed by atoms with van der Waals surface area (Å²) in [6.45, 7) is 14.2. The average molecular weight is 648 g/mol. The first-order valence-corrected chi connectivity index (χ1v) is 16.8. The Morgan fingerprint density at radius 3 is 2.33 bits per heavy atom. The minimum Gasteiger partial charge on any atom is -0.381 e. The van der Waals surface area contributed by atoms with Crippen molar-refractivity contribution in [3.8, 4) is 11.1 Å². The van der Waals surface area contributed by atoms with Crippen molar-refractivity contribution in [1.29, 1.82) is 0 Å². The quantitative estimate of drug-likeness (QED) is 0.307. The maximum absolute atomic E-state index is 13.8. The molecule has 0 spiro atoms. The maximum Gasteiger partial charge on any atom is 0.253 e. The molecule has 2 amide bonds. The summed E-state index contributed by atoms with van der Waals surface area (Å²) in [6.07, 6.45) is 1.88. The third kappa shape index (κ3) is 7.82. The number of nitrogens with zero attached hydrogens (tertiary/aromatic N) is 3. The molecule has 2 N–H and O–H groups in total. The Bertz CT molecular complexity index is 1590. The molecule has 9 nitrogen and oxygen atoms in total. The Balaban J connectivity index is 1.41. The van der Waals surface area contributed by atoms with Crippen LogP contribution in [0.25, 0.3) is 11.1 Å². The number of rotatable bonds is 10. The second-order valence-corrected chi connectivity index (χ2v) is 12.7. The second-order valence-electron chi connectivity index (χ2n) is 12.4. The first-order chi connectivity index (χ1) is 22.2. The molecule has 0 unspecified atom stereocenters. The van der Waals surface area contributed by atoms with E-state index in [1.165, 1.54) is 5.56 Å². The summed E-state index contributed by atoms with van der Waals surface area (Å²) in [6, 6.07) is 15.0. The lowest BCUT2D eigenvalue weighted by Gasteiger charge is -2.37. The van der Waals surface area contributed by atoms with E-state index < -0.39 is 0 Å². The van der Waals surface area contributed by atoms with Gasteiger partial charge >= 0.3 is 0 Å². The van der Waals surface area contributed by atoms with Crippen molar-refractivity contribution >= 4 is 29.1 Å². The van der Waals surface area contributed by atoms with Crippen LogP contribution in [-0.4, -0.2) is 84.5 Å². The fraction of sp³-hybridized carbons (Fsp3) is 0.472. The van der Waals surface area contributed by atoms with Gasteiger partial charge in [-0.25, -0.2) is 0 Å². The number of hydrogen-bond acceptors (Lipinski definition) is 6. The van der Waals surface area contributed by atoms with Crippen LogP contribution >= 0.6 is 11.6 Å². The number of amides is 2. The zero-order valence-electron chi connectivity index (χ0n) is 27.5. The lowest BCUT2D eigenvalue weighted by atomic mass is 9.94. The molecule has 2 fully saturated rings. The van der Waals surface area contributed by atoms with E-state index >= 15 is 0 Å². The largest absolute Gasteiger partial charge is 0.381 e. The molecule has 2 aromatic carbocycles. The van der Waals surface area contributed by atoms with Crippen LogP contribution < -0.4 is 15.8 Å². The zero-order chi connectivity index (χ0) is 32.8. The molecule has 0 saturated carbocycles. The van der Waals surface area contributed by atoms with Crippen LogP contribution in [-0.2, 0) is 22.6 Å². The number of alkyl halides is 1. The molecular formula is C36H46ClN5O4. The van der Waals surface area contributed by atoms with Gasteiger partial charge in [-0.05, 0) is 86.6 Å². The topological polar surface area (TPSA) is 98.0 Å². The fourth-order valence-corrected chi connectivity index (χ4v) is 6.86. The molecule has 46 heavy (non-hydrogen) atoms. The van der Waals surface area contributed by atoms with Gasteiger partial charge in [-0.1, -0.05) is 24.3 Å². The Morgan fingerprint density at radius 1 is 1.00 bits per heavy atom. The van der Waals surface area contributed by atoms with Gasteiger partial charge in [0.1, 0.15) is 5.88 Å². The van der Waals surface area contributed by atoms with E-state index in [1.54, 1.807) is 0 Å². The molecule has 10 heteroatoms. The lowest BCUT2D eigenvalue weighted by molar-refractivity contribution is -0.130. The fourth-order valence-electron chi connectivity index (χ4n) is 6.69. The summed E-state index contributed by atoms with van der Waals surface area (Å²) in [5, 5.41) is 3.03. The van der Waals surface area contributed by atoms with Crippen molar-refractivity contribution in [2.24, 2.45) is 0 Å². The maximum atomic E-state index is 13.8. The Labute approximate surface area is 276 Å². The van der Waals surface area contributed by atoms with Gasteiger partial charge < -0.3 is 24.8 Å². The predicted octanol–water partition coefficient (Wildman–Crippen LogP) is 4.79. The highest BCUT2D eigenvalue weighted by atomic mass is 35.5. The van der Waals surface area contributed by atoms with E-state index in [9.17, 15) is 14.4 Å². The van der Waals surface area contributed by atoms with Gasteiger partial charge in [0.25, 0.3) is 11.5 Å². The van der Waals surface area contributed by atoms with Crippen LogP contribution in [0.5, 0.6) is 0 Å². The number of carbonyl (C=O) groups is 2. The van der Waals surface area contributed by atoms with Crippen LogP contribution in [0.4, 0.5) is 5.69 Å². The summed E-state index contributed by atoms with van der Waals surface area (Å²) in [7, 11) is 0. The molecule has 2 aliphatic rings. The van der Waals surface area contributed by atoms with Crippen LogP contribution in [0.2, 0.25) is 0 Å². The molecule has 0 bridgehead atoms. The van der Waals surface area contributed by atoms with Gasteiger partial charge in [-0.3, -0.25) is 19.3 Å². The van der Waals surface area contributed by atoms with E-state index in [0.717, 1.165) is 85.9 Å². The average Bonchev–Trinajstić information content (AvgIpc) is 3.06. The summed E-state index contributed by atoms with van der Waals surface area (Å²) >= 11 is 5.74. The predicted molar refractivity (Wildman–Crippen MR) is 184 cm³/mol. The van der Waals surface area contributed by atoms with Crippen molar-refractivity contribution in [1.82, 2.24) is 20.1 Å². The normalized spacial score (nSPS) is 16.0. The molecule has 246 valence electrons. The van der Waals surface area contributed by atoms with E-state index in [2.05, 4.69) is 57.4 Å².